The molecule has 4 heteroatoms. The minimum Gasteiger partial charge on any atom is -0.396 e. The Morgan fingerprint density at radius 2 is 1.66 bits per heavy atom. The molecule has 0 spiro atoms. The highest BCUT2D eigenvalue weighted by Gasteiger charge is 2.69. The molecule has 0 aromatic heterocycles. The largest absolute Gasteiger partial charge is 0.396 e. The van der Waals surface area contributed by atoms with Crippen molar-refractivity contribution in [3.8, 4) is 6.07 Å². The highest BCUT2D eigenvalue weighted by Crippen LogP contribution is 2.74. The van der Waals surface area contributed by atoms with Gasteiger partial charge in [0.15, 0.2) is 11.6 Å². The van der Waals surface area contributed by atoms with Crippen LogP contribution in [0.5, 0.6) is 0 Å². The average molecular weight is 478 g/mol. The van der Waals surface area contributed by atoms with Crippen molar-refractivity contribution in [2.45, 2.75) is 93.4 Å². The van der Waals surface area contributed by atoms with Gasteiger partial charge < -0.3 is 5.11 Å². The zero-order valence-corrected chi connectivity index (χ0v) is 22.8. The molecular formula is C31H43NO3. The molecule has 7 atom stereocenters. The number of aliphatic hydroxyl groups excluding tert-OH is 1. The van der Waals surface area contributed by atoms with Crippen molar-refractivity contribution in [3.05, 3.63) is 23.3 Å². The number of allylic oxidation sites excluding steroid dienone is 4. The van der Waals surface area contributed by atoms with Gasteiger partial charge in [-0.1, -0.05) is 60.1 Å². The molecule has 5 aliphatic carbocycles. The molecule has 3 saturated carbocycles. The van der Waals surface area contributed by atoms with Crippen molar-refractivity contribution >= 4 is 11.6 Å². The van der Waals surface area contributed by atoms with E-state index in [0.717, 1.165) is 50.5 Å². The molecule has 0 heterocycles. The Bertz CT molecular complexity index is 1100. The molecule has 5 aliphatic rings. The second-order valence-electron chi connectivity index (χ2n) is 14.8. The first-order chi connectivity index (χ1) is 16.1. The molecule has 190 valence electrons. The Kier molecular flexibility index (Phi) is 5.12. The minimum absolute atomic E-state index is 0.0623. The third kappa shape index (κ3) is 2.94. The predicted octanol–water partition coefficient (Wildman–Crippen LogP) is 6.20. The molecule has 35 heavy (non-hydrogen) atoms. The second kappa shape index (κ2) is 7.18. The van der Waals surface area contributed by atoms with Gasteiger partial charge in [0, 0.05) is 23.4 Å². The quantitative estimate of drug-likeness (QED) is 0.488. The lowest BCUT2D eigenvalue weighted by molar-refractivity contribution is -0.177. The molecule has 1 N–H and O–H groups in total. The SMILES string of the molecule is CC1(C)CC[C@]2(CO)CC[C@]3(C)[C@H](C(=O)C=C4[C@@]5(C)C=C(C#N)C(=O)C(C)(C)C5CC[C@]43C)[C@@H]2C1. The number of ketones is 2. The van der Waals surface area contributed by atoms with Crippen LogP contribution in [0.25, 0.3) is 0 Å². The van der Waals surface area contributed by atoms with Gasteiger partial charge in [-0.05, 0) is 84.5 Å². The summed E-state index contributed by atoms with van der Waals surface area (Å²) in [5, 5.41) is 20.5. The van der Waals surface area contributed by atoms with E-state index in [2.05, 4.69) is 40.7 Å². The first-order valence-electron chi connectivity index (χ1n) is 13.7. The van der Waals surface area contributed by atoms with E-state index in [1.54, 1.807) is 0 Å². The van der Waals surface area contributed by atoms with E-state index in [-0.39, 0.29) is 63.2 Å². The van der Waals surface area contributed by atoms with E-state index < -0.39 is 10.8 Å². The highest BCUT2D eigenvalue weighted by molar-refractivity contribution is 6.04. The van der Waals surface area contributed by atoms with Crippen LogP contribution in [0.1, 0.15) is 93.4 Å². The van der Waals surface area contributed by atoms with Gasteiger partial charge in [0.1, 0.15) is 6.07 Å². The zero-order valence-electron chi connectivity index (χ0n) is 22.8. The number of aliphatic hydroxyl groups is 1. The molecule has 0 saturated heterocycles. The van der Waals surface area contributed by atoms with Gasteiger partial charge in [-0.25, -0.2) is 0 Å². The van der Waals surface area contributed by atoms with E-state index in [9.17, 15) is 20.0 Å². The number of carbonyl (C=O) groups excluding carboxylic acids is 2. The van der Waals surface area contributed by atoms with Crippen molar-refractivity contribution in [2.75, 3.05) is 6.61 Å². The smallest absolute Gasteiger partial charge is 0.178 e. The van der Waals surface area contributed by atoms with Crippen LogP contribution in [0.2, 0.25) is 0 Å². The summed E-state index contributed by atoms with van der Waals surface area (Å²) in [4.78, 5) is 27.4. The number of fused-ring (bicyclic) bond motifs is 7. The molecule has 0 aromatic rings. The summed E-state index contributed by atoms with van der Waals surface area (Å²) in [7, 11) is 0. The molecule has 1 unspecified atom stereocenters. The maximum Gasteiger partial charge on any atom is 0.178 e. The summed E-state index contributed by atoms with van der Waals surface area (Å²) in [6, 6.07) is 2.18. The van der Waals surface area contributed by atoms with E-state index in [0.29, 0.717) is 0 Å². The highest BCUT2D eigenvalue weighted by atomic mass is 16.3. The molecule has 0 amide bonds. The van der Waals surface area contributed by atoms with Crippen LogP contribution in [-0.2, 0) is 9.59 Å². The number of hydrogen-bond donors (Lipinski definition) is 1. The van der Waals surface area contributed by atoms with Crippen molar-refractivity contribution in [3.63, 3.8) is 0 Å². The van der Waals surface area contributed by atoms with Crippen molar-refractivity contribution in [1.29, 1.82) is 5.26 Å². The molecule has 5 rings (SSSR count). The summed E-state index contributed by atoms with van der Waals surface area (Å²) in [6.45, 7) is 15.7. The lowest BCUT2D eigenvalue weighted by Crippen LogP contribution is -2.65. The minimum atomic E-state index is -0.635. The third-order valence-electron chi connectivity index (χ3n) is 12.4. The Morgan fingerprint density at radius 1 is 1.00 bits per heavy atom. The number of nitriles is 1. The summed E-state index contributed by atoms with van der Waals surface area (Å²) in [5.74, 6) is 0.323. The fraction of sp³-hybridized carbons (Fsp3) is 0.774. The van der Waals surface area contributed by atoms with Gasteiger partial charge in [-0.3, -0.25) is 9.59 Å². The van der Waals surface area contributed by atoms with Crippen molar-refractivity contribution in [1.82, 2.24) is 0 Å². The fourth-order valence-electron chi connectivity index (χ4n) is 10.0. The van der Waals surface area contributed by atoms with Crippen LogP contribution in [0.3, 0.4) is 0 Å². The average Bonchev–Trinajstić information content (AvgIpc) is 2.77. The predicted molar refractivity (Wildman–Crippen MR) is 136 cm³/mol. The monoisotopic (exact) mass is 477 g/mol. The summed E-state index contributed by atoms with van der Waals surface area (Å²) in [5.41, 5.74) is -0.0982. The van der Waals surface area contributed by atoms with Crippen LogP contribution in [0, 0.1) is 61.6 Å². The standard InChI is InChI=1S/C31H43NO3/c1-26(2)10-12-31(18-33)13-11-30(7)24(20(31)16-26)21(34)14-23-28(5)15-19(17-32)25(35)27(3,4)22(28)8-9-29(23,30)6/h14-15,20,22,24,33H,8-13,16,18H2,1-7H3/t20-,22?,24-,28-,29+,30+,31+/m0/s1. The number of Topliss-reactive ketones (excluding diaryl/α,β-unsaturated/α-hetero) is 1. The number of nitrogens with zero attached hydrogens (tertiary/aromatic N) is 1. The Morgan fingerprint density at radius 3 is 2.29 bits per heavy atom. The van der Waals surface area contributed by atoms with E-state index in [1.807, 2.05) is 26.0 Å². The first kappa shape index (κ1) is 24.9. The summed E-state index contributed by atoms with van der Waals surface area (Å²) < 4.78 is 0. The van der Waals surface area contributed by atoms with Crippen LogP contribution in [0.15, 0.2) is 23.3 Å². The number of rotatable bonds is 1. The Balaban J connectivity index is 1.70. The normalized spacial score (nSPS) is 47.8. The molecular weight excluding hydrogens is 434 g/mol. The van der Waals surface area contributed by atoms with Gasteiger partial charge in [0.25, 0.3) is 0 Å². The van der Waals surface area contributed by atoms with Crippen molar-refractivity contribution in [2.24, 2.45) is 50.2 Å². The van der Waals surface area contributed by atoms with E-state index in [1.165, 1.54) is 0 Å². The van der Waals surface area contributed by atoms with Gasteiger partial charge in [0.2, 0.25) is 0 Å². The van der Waals surface area contributed by atoms with Gasteiger partial charge in [-0.2, -0.15) is 5.26 Å². The lowest BCUT2D eigenvalue weighted by atomic mass is 9.34. The van der Waals surface area contributed by atoms with Crippen LogP contribution in [-0.4, -0.2) is 23.3 Å². The van der Waals surface area contributed by atoms with Gasteiger partial charge >= 0.3 is 0 Å². The summed E-state index contributed by atoms with van der Waals surface area (Å²) >= 11 is 0. The van der Waals surface area contributed by atoms with E-state index >= 15 is 0 Å². The number of hydrogen-bond acceptors (Lipinski definition) is 4. The zero-order chi connectivity index (χ0) is 25.8. The van der Waals surface area contributed by atoms with Gasteiger partial charge in [-0.15, -0.1) is 0 Å². The molecule has 0 bridgehead atoms. The fourth-order valence-corrected chi connectivity index (χ4v) is 10.0. The lowest BCUT2D eigenvalue weighted by Gasteiger charge is -2.69. The first-order valence-corrected chi connectivity index (χ1v) is 13.7. The molecule has 4 nitrogen and oxygen atoms in total. The van der Waals surface area contributed by atoms with Crippen LogP contribution < -0.4 is 0 Å². The second-order valence-corrected chi connectivity index (χ2v) is 14.8. The van der Waals surface area contributed by atoms with Crippen LogP contribution in [0.4, 0.5) is 0 Å². The molecule has 0 radical (unpaired) electrons. The Labute approximate surface area is 211 Å². The Hall–Kier alpha value is -1.73. The van der Waals surface area contributed by atoms with Crippen LogP contribution >= 0.6 is 0 Å². The third-order valence-corrected chi connectivity index (χ3v) is 12.4. The van der Waals surface area contributed by atoms with Gasteiger partial charge in [0.05, 0.1) is 5.57 Å². The van der Waals surface area contributed by atoms with E-state index in [4.69, 9.17) is 0 Å². The molecule has 3 fully saturated rings. The molecule has 0 aliphatic heterocycles. The number of carbonyl (C=O) groups is 2. The maximum atomic E-state index is 14.2. The topological polar surface area (TPSA) is 78.2 Å². The maximum absolute atomic E-state index is 14.2. The summed E-state index contributed by atoms with van der Waals surface area (Å²) in [6.07, 6.45) is 10.7. The molecule has 0 aromatic carbocycles. The van der Waals surface area contributed by atoms with Crippen molar-refractivity contribution < 1.29 is 14.7 Å².